The Balaban J connectivity index is 2.03. The third-order valence-electron chi connectivity index (χ3n) is 2.61. The topological polar surface area (TPSA) is 24.4 Å². The number of nitrogens with one attached hydrogen (secondary N) is 1. The fourth-order valence-electron chi connectivity index (χ4n) is 2.05. The molecule has 2 nitrogen and oxygen atoms in total. The maximum atomic E-state index is 5.85. The number of rotatable bonds is 0. The summed E-state index contributed by atoms with van der Waals surface area (Å²) in [5.74, 6) is 1.49. The van der Waals surface area contributed by atoms with Crippen LogP contribution >= 0.6 is 0 Å². The van der Waals surface area contributed by atoms with Crippen molar-refractivity contribution in [1.29, 1.82) is 0 Å². The van der Waals surface area contributed by atoms with E-state index in [1.807, 2.05) is 6.92 Å². The first kappa shape index (κ1) is 7.20. The predicted octanol–water partition coefficient (Wildman–Crippen LogP) is 0.886. The molecular weight excluding hydrogens is 135 g/mol. The van der Waals surface area contributed by atoms with E-state index in [2.05, 4.69) is 10.3 Å². The van der Waals surface area contributed by atoms with Crippen molar-refractivity contribution in [1.82, 2.24) is 5.32 Å². The van der Waals surface area contributed by atoms with E-state index in [9.17, 15) is 0 Å². The summed E-state index contributed by atoms with van der Waals surface area (Å²) in [4.78, 5) is 4.49. The summed E-state index contributed by atoms with van der Waals surface area (Å²) < 4.78 is 0. The number of aliphatic imine (C=N–C) groups is 1. The molecular formula is C8H13BN2. The van der Waals surface area contributed by atoms with Crippen molar-refractivity contribution in [2.45, 2.75) is 44.1 Å². The summed E-state index contributed by atoms with van der Waals surface area (Å²) in [5, 5.41) is 3.36. The van der Waals surface area contributed by atoms with E-state index in [-0.39, 0.29) is 0 Å². The molecule has 1 saturated carbocycles. The minimum absolute atomic E-state index is 0.393. The smallest absolute Gasteiger partial charge is 0.0938 e. The molecule has 58 valence electrons. The van der Waals surface area contributed by atoms with Gasteiger partial charge in [-0.25, -0.2) is 0 Å². The molecule has 0 saturated heterocycles. The Bertz CT molecular complexity index is 191. The average molecular weight is 148 g/mol. The van der Waals surface area contributed by atoms with E-state index in [0.717, 1.165) is 25.1 Å². The Hall–Kier alpha value is -0.465. The van der Waals surface area contributed by atoms with Crippen molar-refractivity contribution in [2.24, 2.45) is 4.99 Å². The van der Waals surface area contributed by atoms with Crippen molar-refractivity contribution in [3.8, 4) is 0 Å². The molecule has 3 unspecified atom stereocenters. The molecule has 2 radical (unpaired) electrons. The van der Waals surface area contributed by atoms with Gasteiger partial charge in [0.05, 0.1) is 19.7 Å². The van der Waals surface area contributed by atoms with E-state index in [0.29, 0.717) is 17.9 Å². The standard InChI is InChI=1S/C8H13BN2/c1-5-10-7-3-2-6(9)4-8(7)11-5/h6-8H,2-4H2,1H3,(H,10,11). The molecule has 3 atom stereocenters. The molecule has 0 aromatic carbocycles. The zero-order valence-electron chi connectivity index (χ0n) is 6.88. The van der Waals surface area contributed by atoms with Crippen LogP contribution in [0.3, 0.4) is 0 Å². The van der Waals surface area contributed by atoms with E-state index in [4.69, 9.17) is 7.85 Å². The highest BCUT2D eigenvalue weighted by Crippen LogP contribution is 2.30. The Morgan fingerprint density at radius 2 is 2.36 bits per heavy atom. The van der Waals surface area contributed by atoms with Gasteiger partial charge in [0.1, 0.15) is 0 Å². The van der Waals surface area contributed by atoms with Crippen molar-refractivity contribution in [3.05, 3.63) is 0 Å². The van der Waals surface area contributed by atoms with Gasteiger partial charge in [-0.15, -0.1) is 0 Å². The zero-order chi connectivity index (χ0) is 7.84. The summed E-state index contributed by atoms with van der Waals surface area (Å²) in [6.45, 7) is 2.03. The van der Waals surface area contributed by atoms with Crippen LogP contribution in [0.4, 0.5) is 0 Å². The third kappa shape index (κ3) is 1.28. The van der Waals surface area contributed by atoms with Crippen LogP contribution in [-0.2, 0) is 0 Å². The van der Waals surface area contributed by atoms with Crippen molar-refractivity contribution in [3.63, 3.8) is 0 Å². The van der Waals surface area contributed by atoms with Crippen LogP contribution in [0.2, 0.25) is 5.82 Å². The molecule has 0 aromatic rings. The van der Waals surface area contributed by atoms with Gasteiger partial charge >= 0.3 is 0 Å². The Labute approximate surface area is 68.9 Å². The summed E-state index contributed by atoms with van der Waals surface area (Å²) in [6, 6.07) is 1.06. The van der Waals surface area contributed by atoms with E-state index >= 15 is 0 Å². The third-order valence-corrected chi connectivity index (χ3v) is 2.61. The minimum atomic E-state index is 0.393. The lowest BCUT2D eigenvalue weighted by atomic mass is 9.72. The van der Waals surface area contributed by atoms with Crippen LogP contribution in [0.1, 0.15) is 26.2 Å². The first-order valence-corrected chi connectivity index (χ1v) is 4.32. The highest BCUT2D eigenvalue weighted by Gasteiger charge is 2.31. The van der Waals surface area contributed by atoms with Crippen LogP contribution in [-0.4, -0.2) is 25.8 Å². The number of nitrogens with zero attached hydrogens (tertiary/aromatic N) is 1. The fraction of sp³-hybridized carbons (Fsp3) is 0.875. The Kier molecular flexibility index (Phi) is 1.66. The predicted molar refractivity (Wildman–Crippen MR) is 47.2 cm³/mol. The largest absolute Gasteiger partial charge is 0.369 e. The Morgan fingerprint density at radius 3 is 3.18 bits per heavy atom. The molecule has 0 aromatic heterocycles. The molecule has 11 heavy (non-hydrogen) atoms. The van der Waals surface area contributed by atoms with Crippen molar-refractivity contribution in [2.75, 3.05) is 0 Å². The fourth-order valence-corrected chi connectivity index (χ4v) is 2.05. The lowest BCUT2D eigenvalue weighted by molar-refractivity contribution is 0.385. The van der Waals surface area contributed by atoms with Gasteiger partial charge in [-0.1, -0.05) is 12.2 Å². The minimum Gasteiger partial charge on any atom is -0.369 e. The van der Waals surface area contributed by atoms with Crippen molar-refractivity contribution >= 4 is 13.7 Å². The van der Waals surface area contributed by atoms with Gasteiger partial charge in [-0.2, -0.15) is 0 Å². The number of hydrogen-bond acceptors (Lipinski definition) is 2. The molecule has 1 aliphatic heterocycles. The molecule has 0 bridgehead atoms. The quantitative estimate of drug-likeness (QED) is 0.506. The van der Waals surface area contributed by atoms with E-state index < -0.39 is 0 Å². The summed E-state index contributed by atoms with van der Waals surface area (Å²) in [6.07, 6.45) is 3.39. The maximum Gasteiger partial charge on any atom is 0.0938 e. The van der Waals surface area contributed by atoms with Crippen LogP contribution < -0.4 is 5.32 Å². The SMILES string of the molecule is [B]C1CCC2N=C(C)NC2C1. The van der Waals surface area contributed by atoms with Crippen LogP contribution in [0.25, 0.3) is 0 Å². The number of hydrogen-bond donors (Lipinski definition) is 1. The highest BCUT2D eigenvalue weighted by atomic mass is 15.1. The molecule has 1 aliphatic carbocycles. The lowest BCUT2D eigenvalue weighted by Crippen LogP contribution is -2.37. The van der Waals surface area contributed by atoms with Crippen LogP contribution in [0, 0.1) is 0 Å². The van der Waals surface area contributed by atoms with Gasteiger partial charge in [0.25, 0.3) is 0 Å². The molecule has 1 heterocycles. The highest BCUT2D eigenvalue weighted by molar-refractivity contribution is 6.11. The number of amidine groups is 1. The zero-order valence-corrected chi connectivity index (χ0v) is 6.88. The molecule has 3 heteroatoms. The summed E-state index contributed by atoms with van der Waals surface area (Å²) in [7, 11) is 5.85. The summed E-state index contributed by atoms with van der Waals surface area (Å²) in [5.41, 5.74) is 0. The van der Waals surface area contributed by atoms with Gasteiger partial charge in [0.15, 0.2) is 0 Å². The van der Waals surface area contributed by atoms with Gasteiger partial charge < -0.3 is 5.32 Å². The second-order valence-electron chi connectivity index (χ2n) is 3.61. The maximum absolute atomic E-state index is 5.85. The van der Waals surface area contributed by atoms with Gasteiger partial charge in [0, 0.05) is 6.04 Å². The van der Waals surface area contributed by atoms with Gasteiger partial charge in [-0.3, -0.25) is 4.99 Å². The lowest BCUT2D eigenvalue weighted by Gasteiger charge is -2.28. The second kappa shape index (κ2) is 2.54. The van der Waals surface area contributed by atoms with Crippen LogP contribution in [0.5, 0.6) is 0 Å². The summed E-state index contributed by atoms with van der Waals surface area (Å²) >= 11 is 0. The van der Waals surface area contributed by atoms with Gasteiger partial charge in [-0.05, 0) is 19.8 Å². The molecule has 0 amide bonds. The van der Waals surface area contributed by atoms with Gasteiger partial charge in [0.2, 0.25) is 0 Å². The average Bonchev–Trinajstić information content (AvgIpc) is 2.27. The molecule has 0 spiro atoms. The molecule has 1 N–H and O–H groups in total. The van der Waals surface area contributed by atoms with E-state index in [1.54, 1.807) is 0 Å². The molecule has 2 rings (SSSR count). The first-order chi connectivity index (χ1) is 5.25. The molecule has 2 aliphatic rings. The second-order valence-corrected chi connectivity index (χ2v) is 3.61. The monoisotopic (exact) mass is 148 g/mol. The van der Waals surface area contributed by atoms with E-state index in [1.165, 1.54) is 0 Å². The van der Waals surface area contributed by atoms with Crippen LogP contribution in [0.15, 0.2) is 4.99 Å². The number of fused-ring (bicyclic) bond motifs is 1. The molecule has 1 fully saturated rings. The first-order valence-electron chi connectivity index (χ1n) is 4.32. The Morgan fingerprint density at radius 1 is 1.55 bits per heavy atom. The van der Waals surface area contributed by atoms with Crippen molar-refractivity contribution < 1.29 is 0 Å². The normalized spacial score (nSPS) is 42.6.